The zero-order valence-electron chi connectivity index (χ0n) is 12.0. The fourth-order valence-corrected chi connectivity index (χ4v) is 3.26. The van der Waals surface area contributed by atoms with Gasteiger partial charge in [-0.25, -0.2) is 9.97 Å². The molecule has 0 aliphatic carbocycles. The molecule has 0 fully saturated rings. The number of hydrogen-bond acceptors (Lipinski definition) is 6. The largest absolute Gasteiger partial charge is 0.324 e. The molecule has 0 unspecified atom stereocenters. The van der Waals surface area contributed by atoms with Crippen LogP contribution >= 0.6 is 11.3 Å². The second-order valence-corrected chi connectivity index (χ2v) is 6.19. The van der Waals surface area contributed by atoms with Crippen molar-refractivity contribution >= 4 is 49.4 Å². The average Bonchev–Trinajstić information content (AvgIpc) is 3.08. The summed E-state index contributed by atoms with van der Waals surface area (Å²) in [7, 11) is 0. The summed E-state index contributed by atoms with van der Waals surface area (Å²) in [6, 6.07) is 10.6. The molecule has 4 rings (SSSR count). The molecule has 0 saturated heterocycles. The zero-order valence-corrected chi connectivity index (χ0v) is 12.8. The molecule has 114 valence electrons. The SMILES string of the molecule is Cc1ccc2nc(Nc3nc4ccc([N+](=O)[O-])cc4s3)[nH]c2c1. The summed E-state index contributed by atoms with van der Waals surface area (Å²) in [6.45, 7) is 2.02. The molecule has 0 bridgehead atoms. The number of non-ortho nitro benzene ring substituents is 1. The minimum Gasteiger partial charge on any atom is -0.324 e. The molecular formula is C15H11N5O2S. The minimum atomic E-state index is -0.409. The first-order valence-corrected chi connectivity index (χ1v) is 7.68. The van der Waals surface area contributed by atoms with Crippen molar-refractivity contribution in [2.24, 2.45) is 0 Å². The number of nitro benzene ring substituents is 1. The number of aromatic amines is 1. The van der Waals surface area contributed by atoms with E-state index >= 15 is 0 Å². The van der Waals surface area contributed by atoms with E-state index < -0.39 is 4.92 Å². The van der Waals surface area contributed by atoms with E-state index in [-0.39, 0.29) is 5.69 Å². The van der Waals surface area contributed by atoms with Crippen LogP contribution in [-0.4, -0.2) is 19.9 Å². The van der Waals surface area contributed by atoms with Gasteiger partial charge in [-0.15, -0.1) is 0 Å². The van der Waals surface area contributed by atoms with Crippen LogP contribution in [0.25, 0.3) is 21.3 Å². The summed E-state index contributed by atoms with van der Waals surface area (Å²) < 4.78 is 0.758. The second kappa shape index (κ2) is 5.03. The van der Waals surface area contributed by atoms with E-state index in [1.54, 1.807) is 6.07 Å². The normalized spacial score (nSPS) is 11.2. The van der Waals surface area contributed by atoms with Gasteiger partial charge in [0.05, 0.1) is 26.2 Å². The number of nitro groups is 1. The van der Waals surface area contributed by atoms with Gasteiger partial charge in [0.1, 0.15) is 0 Å². The number of H-pyrrole nitrogens is 1. The van der Waals surface area contributed by atoms with Gasteiger partial charge in [0.2, 0.25) is 5.95 Å². The van der Waals surface area contributed by atoms with Gasteiger partial charge >= 0.3 is 0 Å². The van der Waals surface area contributed by atoms with Gasteiger partial charge in [-0.2, -0.15) is 0 Å². The Morgan fingerprint density at radius 2 is 2.00 bits per heavy atom. The summed E-state index contributed by atoms with van der Waals surface area (Å²) >= 11 is 1.35. The second-order valence-electron chi connectivity index (χ2n) is 5.16. The smallest absolute Gasteiger partial charge is 0.270 e. The molecule has 0 saturated carbocycles. The molecule has 0 spiro atoms. The summed E-state index contributed by atoms with van der Waals surface area (Å²) in [6.07, 6.45) is 0. The van der Waals surface area contributed by atoms with Gasteiger partial charge in [0, 0.05) is 12.1 Å². The molecular weight excluding hydrogens is 314 g/mol. The maximum Gasteiger partial charge on any atom is 0.270 e. The van der Waals surface area contributed by atoms with Crippen molar-refractivity contribution in [2.75, 3.05) is 5.32 Å². The Balaban J connectivity index is 1.69. The molecule has 0 atom stereocenters. The van der Waals surface area contributed by atoms with Crippen LogP contribution in [0.15, 0.2) is 36.4 Å². The van der Waals surface area contributed by atoms with Gasteiger partial charge < -0.3 is 10.3 Å². The first-order valence-electron chi connectivity index (χ1n) is 6.87. The lowest BCUT2D eigenvalue weighted by atomic mass is 10.2. The van der Waals surface area contributed by atoms with Crippen molar-refractivity contribution in [3.05, 3.63) is 52.1 Å². The number of nitrogens with one attached hydrogen (secondary N) is 2. The standard InChI is InChI=1S/C15H11N5O2S/c1-8-2-4-10-12(6-8)17-14(16-10)19-15-18-11-5-3-9(20(21)22)7-13(11)23-15/h2-7H,1H3,(H2,16,17,18,19). The maximum absolute atomic E-state index is 10.8. The predicted molar refractivity (Wildman–Crippen MR) is 90.4 cm³/mol. The molecule has 0 amide bonds. The van der Waals surface area contributed by atoms with Crippen molar-refractivity contribution in [1.82, 2.24) is 15.0 Å². The third-order valence-corrected chi connectivity index (χ3v) is 4.38. The minimum absolute atomic E-state index is 0.0620. The number of thiazole rings is 1. The van der Waals surface area contributed by atoms with Gasteiger partial charge in [-0.05, 0) is 30.7 Å². The fourth-order valence-electron chi connectivity index (χ4n) is 2.36. The Bertz CT molecular complexity index is 1050. The van der Waals surface area contributed by atoms with Crippen molar-refractivity contribution in [3.8, 4) is 0 Å². The highest BCUT2D eigenvalue weighted by molar-refractivity contribution is 7.22. The average molecular weight is 325 g/mol. The Kier molecular flexibility index (Phi) is 2.98. The van der Waals surface area contributed by atoms with Gasteiger partial charge in [-0.3, -0.25) is 10.1 Å². The molecule has 7 nitrogen and oxygen atoms in total. The third-order valence-electron chi connectivity index (χ3n) is 3.45. The predicted octanol–water partition coefficient (Wildman–Crippen LogP) is 4.13. The van der Waals surface area contributed by atoms with Crippen LogP contribution in [0.3, 0.4) is 0 Å². The van der Waals surface area contributed by atoms with E-state index in [0.717, 1.165) is 26.8 Å². The number of fused-ring (bicyclic) bond motifs is 2. The van der Waals surface area contributed by atoms with Crippen LogP contribution < -0.4 is 5.32 Å². The molecule has 8 heteroatoms. The van der Waals surface area contributed by atoms with Crippen LogP contribution in [0.5, 0.6) is 0 Å². The Morgan fingerprint density at radius 3 is 2.83 bits per heavy atom. The molecule has 2 N–H and O–H groups in total. The Labute approximate surface area is 134 Å². The van der Waals surface area contributed by atoms with Gasteiger partial charge in [0.25, 0.3) is 5.69 Å². The van der Waals surface area contributed by atoms with Crippen LogP contribution in [0.2, 0.25) is 0 Å². The lowest BCUT2D eigenvalue weighted by molar-refractivity contribution is -0.384. The lowest BCUT2D eigenvalue weighted by Crippen LogP contribution is -1.90. The summed E-state index contributed by atoms with van der Waals surface area (Å²) in [5.41, 5.74) is 3.75. The zero-order chi connectivity index (χ0) is 16.0. The first-order chi connectivity index (χ1) is 11.1. The molecule has 2 aromatic carbocycles. The van der Waals surface area contributed by atoms with Crippen LogP contribution in [-0.2, 0) is 0 Å². The lowest BCUT2D eigenvalue weighted by Gasteiger charge is -1.94. The molecule has 2 aromatic heterocycles. The molecule has 0 radical (unpaired) electrons. The number of aromatic nitrogens is 3. The Hall–Kier alpha value is -3.00. The van der Waals surface area contributed by atoms with E-state index in [2.05, 4.69) is 20.3 Å². The van der Waals surface area contributed by atoms with Gasteiger partial charge in [-0.1, -0.05) is 17.4 Å². The van der Waals surface area contributed by atoms with Gasteiger partial charge in [0.15, 0.2) is 5.13 Å². The number of imidazole rings is 1. The topological polar surface area (TPSA) is 96.7 Å². The summed E-state index contributed by atoms with van der Waals surface area (Å²) in [5, 5.41) is 14.6. The molecule has 0 aliphatic rings. The first kappa shape index (κ1) is 13.6. The molecule has 4 aromatic rings. The number of benzene rings is 2. The van der Waals surface area contributed by atoms with E-state index in [9.17, 15) is 10.1 Å². The van der Waals surface area contributed by atoms with Crippen LogP contribution in [0.1, 0.15) is 5.56 Å². The number of rotatable bonds is 3. The van der Waals surface area contributed by atoms with Crippen LogP contribution in [0.4, 0.5) is 16.8 Å². The maximum atomic E-state index is 10.8. The number of nitrogens with zero attached hydrogens (tertiary/aromatic N) is 3. The van der Waals surface area contributed by atoms with E-state index in [1.807, 2.05) is 25.1 Å². The highest BCUT2D eigenvalue weighted by Crippen LogP contribution is 2.30. The number of hydrogen-bond donors (Lipinski definition) is 2. The Morgan fingerprint density at radius 1 is 1.17 bits per heavy atom. The quantitative estimate of drug-likeness (QED) is 0.436. The highest BCUT2D eigenvalue weighted by Gasteiger charge is 2.11. The molecule has 23 heavy (non-hydrogen) atoms. The highest BCUT2D eigenvalue weighted by atomic mass is 32.1. The summed E-state index contributed by atoms with van der Waals surface area (Å²) in [4.78, 5) is 22.5. The molecule has 0 aliphatic heterocycles. The fraction of sp³-hybridized carbons (Fsp3) is 0.0667. The van der Waals surface area contributed by atoms with E-state index in [0.29, 0.717) is 11.1 Å². The number of aryl methyl sites for hydroxylation is 1. The third kappa shape index (κ3) is 2.49. The molecule has 2 heterocycles. The monoisotopic (exact) mass is 325 g/mol. The van der Waals surface area contributed by atoms with Crippen LogP contribution in [0, 0.1) is 17.0 Å². The van der Waals surface area contributed by atoms with Crippen molar-refractivity contribution in [1.29, 1.82) is 0 Å². The summed E-state index contributed by atoms with van der Waals surface area (Å²) in [5.74, 6) is 0.596. The van der Waals surface area contributed by atoms with Crippen molar-refractivity contribution in [3.63, 3.8) is 0 Å². The van der Waals surface area contributed by atoms with E-state index in [1.165, 1.54) is 23.5 Å². The van der Waals surface area contributed by atoms with Crippen molar-refractivity contribution < 1.29 is 4.92 Å². The van der Waals surface area contributed by atoms with E-state index in [4.69, 9.17) is 0 Å². The van der Waals surface area contributed by atoms with Crippen molar-refractivity contribution in [2.45, 2.75) is 6.92 Å². The number of anilines is 2.